The summed E-state index contributed by atoms with van der Waals surface area (Å²) in [6.07, 6.45) is 9.55. The van der Waals surface area contributed by atoms with Crippen LogP contribution in [0.1, 0.15) is 43.2 Å². The van der Waals surface area contributed by atoms with Crippen LogP contribution < -0.4 is 15.8 Å². The van der Waals surface area contributed by atoms with Gasteiger partial charge in [-0.25, -0.2) is 4.98 Å². The van der Waals surface area contributed by atoms with Crippen LogP contribution in [-0.4, -0.2) is 39.7 Å². The van der Waals surface area contributed by atoms with Gasteiger partial charge in [0.25, 0.3) is 0 Å². The van der Waals surface area contributed by atoms with Crippen molar-refractivity contribution in [1.29, 1.82) is 0 Å². The number of carbonyl (C=O) groups is 1. The fraction of sp³-hybridized carbons (Fsp3) is 0.360. The third kappa shape index (κ3) is 5.28. The van der Waals surface area contributed by atoms with Gasteiger partial charge in [0.05, 0.1) is 17.0 Å². The summed E-state index contributed by atoms with van der Waals surface area (Å²) in [6.45, 7) is -0.217. The lowest BCUT2D eigenvalue weighted by Gasteiger charge is -2.24. The van der Waals surface area contributed by atoms with Crippen LogP contribution in [0.5, 0.6) is 11.5 Å². The van der Waals surface area contributed by atoms with Gasteiger partial charge in [0.2, 0.25) is 5.91 Å². The molecule has 7 nitrogen and oxygen atoms in total. The van der Waals surface area contributed by atoms with E-state index in [0.29, 0.717) is 29.1 Å². The Morgan fingerprint density at radius 3 is 2.78 bits per heavy atom. The fourth-order valence-electron chi connectivity index (χ4n) is 4.07. The number of nitrogens with zero attached hydrogens (tertiary/aromatic N) is 1. The fourth-order valence-corrected chi connectivity index (χ4v) is 4.07. The quantitative estimate of drug-likeness (QED) is 0.447. The van der Waals surface area contributed by atoms with Crippen molar-refractivity contribution < 1.29 is 14.6 Å². The second-order valence-electron chi connectivity index (χ2n) is 8.10. The van der Waals surface area contributed by atoms with Crippen LogP contribution in [0, 0.1) is 11.8 Å². The molecule has 1 aliphatic rings. The van der Waals surface area contributed by atoms with Gasteiger partial charge in [0.15, 0.2) is 0 Å². The molecule has 1 aliphatic carbocycles. The van der Waals surface area contributed by atoms with Crippen molar-refractivity contribution in [1.82, 2.24) is 15.3 Å². The number of H-pyrrole nitrogens is 1. The van der Waals surface area contributed by atoms with E-state index >= 15 is 0 Å². The van der Waals surface area contributed by atoms with E-state index in [1.54, 1.807) is 18.5 Å². The molecule has 0 saturated heterocycles. The summed E-state index contributed by atoms with van der Waals surface area (Å²) in [5, 5.41) is 12.8. The maximum atomic E-state index is 12.4. The number of hydrogen-bond donors (Lipinski definition) is 4. The predicted molar refractivity (Wildman–Crippen MR) is 123 cm³/mol. The number of nitrogens with two attached hydrogens (primary N) is 1. The molecular weight excluding hydrogens is 404 g/mol. The molecular formula is C25H28N4O3. The molecule has 1 fully saturated rings. The van der Waals surface area contributed by atoms with Crippen molar-refractivity contribution in [2.24, 2.45) is 5.73 Å². The third-order valence-corrected chi connectivity index (χ3v) is 5.73. The summed E-state index contributed by atoms with van der Waals surface area (Å²) in [5.74, 6) is 6.76. The van der Waals surface area contributed by atoms with Crippen LogP contribution in [0.2, 0.25) is 0 Å². The number of nitrogens with one attached hydrogen (secondary N) is 2. The lowest BCUT2D eigenvalue weighted by atomic mass is 9.95. The number of benzene rings is 1. The van der Waals surface area contributed by atoms with Crippen LogP contribution in [0.25, 0.3) is 11.0 Å². The molecule has 1 aromatic carbocycles. The monoisotopic (exact) mass is 432 g/mol. The minimum Gasteiger partial charge on any atom is -0.456 e. The Morgan fingerprint density at radius 1 is 1.25 bits per heavy atom. The van der Waals surface area contributed by atoms with Gasteiger partial charge in [-0.3, -0.25) is 4.79 Å². The van der Waals surface area contributed by atoms with Crippen LogP contribution in [0.4, 0.5) is 0 Å². The number of pyridine rings is 1. The molecule has 7 heteroatoms. The first kappa shape index (κ1) is 21.9. The molecule has 2 aromatic heterocycles. The smallest absolute Gasteiger partial charge is 0.237 e. The molecule has 3 aromatic rings. The largest absolute Gasteiger partial charge is 0.456 e. The van der Waals surface area contributed by atoms with E-state index in [1.807, 2.05) is 24.3 Å². The summed E-state index contributed by atoms with van der Waals surface area (Å²) in [5.41, 5.74) is 8.50. The van der Waals surface area contributed by atoms with E-state index in [-0.39, 0.29) is 18.6 Å². The predicted octanol–water partition coefficient (Wildman–Crippen LogP) is 3.02. The number of rotatable bonds is 6. The zero-order chi connectivity index (χ0) is 22.3. The number of carbonyl (C=O) groups excluding carboxylic acids is 1. The maximum absolute atomic E-state index is 12.4. The number of aliphatic hydroxyl groups is 1. The van der Waals surface area contributed by atoms with E-state index in [0.717, 1.165) is 23.8 Å². The van der Waals surface area contributed by atoms with Crippen LogP contribution in [-0.2, 0) is 11.2 Å². The number of aromatic amines is 1. The molecule has 2 heterocycles. The number of aliphatic hydroxyl groups excluding tert-OH is 1. The Morgan fingerprint density at radius 2 is 2.03 bits per heavy atom. The molecule has 166 valence electrons. The second-order valence-corrected chi connectivity index (χ2v) is 8.10. The van der Waals surface area contributed by atoms with E-state index < -0.39 is 6.04 Å². The highest BCUT2D eigenvalue weighted by Crippen LogP contribution is 2.31. The van der Waals surface area contributed by atoms with Crippen molar-refractivity contribution in [3.05, 3.63) is 53.9 Å². The summed E-state index contributed by atoms with van der Waals surface area (Å²) >= 11 is 0. The first-order valence-electron chi connectivity index (χ1n) is 11.0. The Bertz CT molecular complexity index is 1120. The van der Waals surface area contributed by atoms with E-state index in [1.165, 1.54) is 19.3 Å². The number of hydrogen-bond acceptors (Lipinski definition) is 5. The van der Waals surface area contributed by atoms with Gasteiger partial charge in [-0.2, -0.15) is 0 Å². The molecule has 1 atom stereocenters. The van der Waals surface area contributed by atoms with E-state index in [9.17, 15) is 4.79 Å². The van der Waals surface area contributed by atoms with Gasteiger partial charge in [-0.15, -0.1) is 0 Å². The number of amides is 1. The summed E-state index contributed by atoms with van der Waals surface area (Å²) in [4.78, 5) is 19.8. The molecule has 0 aliphatic heterocycles. The molecule has 0 spiro atoms. The van der Waals surface area contributed by atoms with Gasteiger partial charge in [-0.1, -0.05) is 43.2 Å². The van der Waals surface area contributed by atoms with E-state index in [2.05, 4.69) is 27.1 Å². The second kappa shape index (κ2) is 10.3. The first-order valence-corrected chi connectivity index (χ1v) is 11.0. The molecule has 1 saturated carbocycles. The van der Waals surface area contributed by atoms with Gasteiger partial charge < -0.3 is 25.9 Å². The molecule has 0 bridgehead atoms. The minimum atomic E-state index is -0.573. The Labute approximate surface area is 187 Å². The average molecular weight is 433 g/mol. The number of fused-ring (bicyclic) bond motifs is 1. The van der Waals surface area contributed by atoms with Gasteiger partial charge >= 0.3 is 0 Å². The topological polar surface area (TPSA) is 113 Å². The molecule has 0 radical (unpaired) electrons. The molecule has 32 heavy (non-hydrogen) atoms. The Balaban J connectivity index is 1.41. The Hall–Kier alpha value is -3.34. The SMILES string of the molecule is N[C@@H](Cc1ccc(Oc2ccnc3[nH]cc(C#CCO)c23)cc1)C(=O)NC1CCCCC1. The lowest BCUT2D eigenvalue weighted by Crippen LogP contribution is -2.46. The van der Waals surface area contributed by atoms with Crippen molar-refractivity contribution in [2.45, 2.75) is 50.6 Å². The summed E-state index contributed by atoms with van der Waals surface area (Å²) in [6, 6.07) is 9.03. The summed E-state index contributed by atoms with van der Waals surface area (Å²) in [7, 11) is 0. The van der Waals surface area contributed by atoms with Crippen molar-refractivity contribution in [2.75, 3.05) is 6.61 Å². The molecule has 4 rings (SSSR count). The number of ether oxygens (including phenoxy) is 1. The maximum Gasteiger partial charge on any atom is 0.237 e. The third-order valence-electron chi connectivity index (χ3n) is 5.73. The van der Waals surface area contributed by atoms with Gasteiger partial charge in [0.1, 0.15) is 23.8 Å². The average Bonchev–Trinajstić information content (AvgIpc) is 3.23. The molecule has 1 amide bonds. The van der Waals surface area contributed by atoms with Crippen molar-refractivity contribution in [3.63, 3.8) is 0 Å². The highest BCUT2D eigenvalue weighted by atomic mass is 16.5. The van der Waals surface area contributed by atoms with Gasteiger partial charge in [0, 0.05) is 18.4 Å². The first-order chi connectivity index (χ1) is 15.6. The molecule has 5 N–H and O–H groups in total. The minimum absolute atomic E-state index is 0.0830. The zero-order valence-electron chi connectivity index (χ0n) is 17.9. The van der Waals surface area contributed by atoms with Crippen LogP contribution in [0.15, 0.2) is 42.7 Å². The number of aromatic nitrogens is 2. The molecule has 0 unspecified atom stereocenters. The zero-order valence-corrected chi connectivity index (χ0v) is 17.9. The van der Waals surface area contributed by atoms with Crippen LogP contribution >= 0.6 is 0 Å². The normalized spacial score (nSPS) is 15.1. The van der Waals surface area contributed by atoms with Crippen LogP contribution in [0.3, 0.4) is 0 Å². The standard InChI is InChI=1S/C25H28N4O3/c26-21(25(31)29-19-6-2-1-3-7-19)15-17-8-10-20(11-9-17)32-22-12-13-27-24-23(22)18(16-28-24)5-4-14-30/h8-13,16,19,21,30H,1-3,6-7,14-15,26H2,(H,27,28)(H,29,31)/t21-/m0/s1. The van der Waals surface area contributed by atoms with E-state index in [4.69, 9.17) is 15.6 Å². The highest BCUT2D eigenvalue weighted by Gasteiger charge is 2.20. The van der Waals surface area contributed by atoms with Gasteiger partial charge in [-0.05, 0) is 43.0 Å². The summed E-state index contributed by atoms with van der Waals surface area (Å²) < 4.78 is 6.08. The Kier molecular flexibility index (Phi) is 7.05. The van der Waals surface area contributed by atoms with Crippen molar-refractivity contribution in [3.8, 4) is 23.3 Å². The lowest BCUT2D eigenvalue weighted by molar-refractivity contribution is -0.123. The highest BCUT2D eigenvalue weighted by molar-refractivity contribution is 5.89. The van der Waals surface area contributed by atoms with Crippen molar-refractivity contribution >= 4 is 16.9 Å².